The van der Waals surface area contributed by atoms with Crippen molar-refractivity contribution in [2.24, 2.45) is 34.5 Å². The lowest BCUT2D eigenvalue weighted by Crippen LogP contribution is -2.63. The molecule has 3 fully saturated rings. The number of ketones is 2. The molecule has 27 heavy (non-hydrogen) atoms. The van der Waals surface area contributed by atoms with Gasteiger partial charge in [0.25, 0.3) is 0 Å². The number of rotatable bonds is 2. The molecule has 5 heteroatoms. The van der Waals surface area contributed by atoms with Crippen LogP contribution >= 0.6 is 0 Å². The van der Waals surface area contributed by atoms with E-state index in [9.17, 15) is 24.9 Å². The highest BCUT2D eigenvalue weighted by Gasteiger charge is 2.70. The molecule has 5 nitrogen and oxygen atoms in total. The van der Waals surface area contributed by atoms with Crippen molar-refractivity contribution in [3.05, 3.63) is 11.6 Å². The predicted octanol–water partition coefficient (Wildman–Crippen LogP) is 2.03. The standard InChI is InChI=1S/C22H32O5/c1-12-8-16-15-5-4-13-9-14(24)6-7-20(13,2)19(15)17(25)10-21(16,3)22(12,27)18(26)11-23/h9,12,15-17,19,23,25,27H,4-8,10-11H2,1-3H3/t12-,15?,16?,17?,19?,20?,21?,22-/m0/s1. The molecule has 3 saturated carbocycles. The summed E-state index contributed by atoms with van der Waals surface area (Å²) < 4.78 is 0. The second kappa shape index (κ2) is 5.98. The van der Waals surface area contributed by atoms with E-state index >= 15 is 0 Å². The Labute approximate surface area is 160 Å². The Kier molecular flexibility index (Phi) is 4.27. The smallest absolute Gasteiger partial charge is 0.190 e. The van der Waals surface area contributed by atoms with Crippen LogP contribution in [0.25, 0.3) is 0 Å². The van der Waals surface area contributed by atoms with Crippen LogP contribution in [0.3, 0.4) is 0 Å². The van der Waals surface area contributed by atoms with Crippen LogP contribution in [0.1, 0.15) is 59.3 Å². The van der Waals surface area contributed by atoms with Gasteiger partial charge in [0.15, 0.2) is 11.6 Å². The van der Waals surface area contributed by atoms with E-state index in [2.05, 4.69) is 6.92 Å². The Balaban J connectivity index is 1.77. The summed E-state index contributed by atoms with van der Waals surface area (Å²) in [6.45, 7) is 5.36. The summed E-state index contributed by atoms with van der Waals surface area (Å²) in [6, 6.07) is 0. The number of Topliss-reactive ketones (excluding diaryl/α,β-unsaturated/α-hetero) is 1. The Hall–Kier alpha value is -1.04. The van der Waals surface area contributed by atoms with Crippen molar-refractivity contribution in [2.45, 2.75) is 71.0 Å². The molecule has 0 aromatic heterocycles. The van der Waals surface area contributed by atoms with Gasteiger partial charge in [0.2, 0.25) is 0 Å². The normalized spacial score (nSPS) is 51.9. The van der Waals surface area contributed by atoms with Crippen LogP contribution in [0.2, 0.25) is 0 Å². The van der Waals surface area contributed by atoms with Gasteiger partial charge in [0.05, 0.1) is 6.10 Å². The number of fused-ring (bicyclic) bond motifs is 5. The van der Waals surface area contributed by atoms with Gasteiger partial charge >= 0.3 is 0 Å². The first-order chi connectivity index (χ1) is 12.6. The zero-order valence-corrected chi connectivity index (χ0v) is 16.6. The van der Waals surface area contributed by atoms with Gasteiger partial charge < -0.3 is 15.3 Å². The van der Waals surface area contributed by atoms with E-state index in [1.165, 1.54) is 5.57 Å². The minimum atomic E-state index is -1.59. The van der Waals surface area contributed by atoms with Crippen LogP contribution in [-0.2, 0) is 9.59 Å². The average molecular weight is 376 g/mol. The van der Waals surface area contributed by atoms with Crippen molar-refractivity contribution in [3.63, 3.8) is 0 Å². The fraction of sp³-hybridized carbons (Fsp3) is 0.818. The summed E-state index contributed by atoms with van der Waals surface area (Å²) in [6.07, 6.45) is 5.32. The van der Waals surface area contributed by atoms with Crippen LogP contribution in [0.5, 0.6) is 0 Å². The van der Waals surface area contributed by atoms with E-state index in [-0.39, 0.29) is 34.9 Å². The zero-order chi connectivity index (χ0) is 19.8. The maximum atomic E-state index is 12.6. The monoisotopic (exact) mass is 376 g/mol. The van der Waals surface area contributed by atoms with Gasteiger partial charge in [0, 0.05) is 11.8 Å². The van der Waals surface area contributed by atoms with Crippen LogP contribution < -0.4 is 0 Å². The van der Waals surface area contributed by atoms with Gasteiger partial charge in [-0.2, -0.15) is 0 Å². The Morgan fingerprint density at radius 2 is 2.00 bits per heavy atom. The van der Waals surface area contributed by atoms with E-state index in [1.807, 2.05) is 19.9 Å². The van der Waals surface area contributed by atoms with E-state index in [1.54, 1.807) is 0 Å². The zero-order valence-electron chi connectivity index (χ0n) is 16.6. The van der Waals surface area contributed by atoms with Crippen molar-refractivity contribution in [3.8, 4) is 0 Å². The number of hydrogen-bond donors (Lipinski definition) is 3. The molecule has 0 heterocycles. The van der Waals surface area contributed by atoms with E-state index in [0.717, 1.165) is 25.7 Å². The molecule has 4 rings (SSSR count). The van der Waals surface area contributed by atoms with Crippen LogP contribution in [-0.4, -0.2) is 45.2 Å². The molecule has 6 unspecified atom stereocenters. The molecule has 0 spiro atoms. The molecule has 8 atom stereocenters. The van der Waals surface area contributed by atoms with Gasteiger partial charge in [-0.3, -0.25) is 9.59 Å². The first-order valence-corrected chi connectivity index (χ1v) is 10.4. The quantitative estimate of drug-likeness (QED) is 0.685. The van der Waals surface area contributed by atoms with Crippen molar-refractivity contribution in [2.75, 3.05) is 6.61 Å². The van der Waals surface area contributed by atoms with Crippen molar-refractivity contribution < 1.29 is 24.9 Å². The lowest BCUT2D eigenvalue weighted by molar-refractivity contribution is -0.187. The number of aliphatic hydroxyl groups excluding tert-OH is 2. The summed E-state index contributed by atoms with van der Waals surface area (Å²) in [7, 11) is 0. The molecule has 0 radical (unpaired) electrons. The summed E-state index contributed by atoms with van der Waals surface area (Å²) in [5.41, 5.74) is -1.31. The van der Waals surface area contributed by atoms with Crippen molar-refractivity contribution in [1.82, 2.24) is 0 Å². The molecule has 0 bridgehead atoms. The molecule has 0 aromatic rings. The summed E-state index contributed by atoms with van der Waals surface area (Å²) >= 11 is 0. The van der Waals surface area contributed by atoms with Crippen molar-refractivity contribution >= 4 is 11.6 Å². The highest BCUT2D eigenvalue weighted by Crippen LogP contribution is 2.68. The minimum Gasteiger partial charge on any atom is -0.393 e. The number of carbonyl (C=O) groups excluding carboxylic acids is 2. The van der Waals surface area contributed by atoms with Crippen molar-refractivity contribution in [1.29, 1.82) is 0 Å². The number of aliphatic hydroxyl groups is 3. The first kappa shape index (κ1) is 19.3. The second-order valence-electron chi connectivity index (χ2n) is 10.1. The summed E-state index contributed by atoms with van der Waals surface area (Å²) in [4.78, 5) is 24.5. The summed E-state index contributed by atoms with van der Waals surface area (Å²) in [5.74, 6) is -0.155. The van der Waals surface area contributed by atoms with Gasteiger partial charge in [-0.1, -0.05) is 26.3 Å². The molecule has 0 amide bonds. The number of carbonyl (C=O) groups is 2. The van der Waals surface area contributed by atoms with Gasteiger partial charge in [0.1, 0.15) is 12.2 Å². The van der Waals surface area contributed by atoms with E-state index < -0.39 is 29.5 Å². The van der Waals surface area contributed by atoms with Gasteiger partial charge in [-0.15, -0.1) is 0 Å². The maximum Gasteiger partial charge on any atom is 0.190 e. The van der Waals surface area contributed by atoms with E-state index in [0.29, 0.717) is 12.8 Å². The number of hydrogen-bond acceptors (Lipinski definition) is 5. The molecule has 4 aliphatic carbocycles. The SMILES string of the molecule is C[C@H]1CC2C3CCC4=CC(=O)CCC4(C)C3C(O)CC2(C)[C@@]1(O)C(=O)CO. The van der Waals surface area contributed by atoms with Crippen LogP contribution in [0, 0.1) is 34.5 Å². The third-order valence-corrected chi connectivity index (χ3v) is 9.05. The Morgan fingerprint density at radius 1 is 1.30 bits per heavy atom. The minimum absolute atomic E-state index is 0.0578. The van der Waals surface area contributed by atoms with Gasteiger partial charge in [-0.05, 0) is 67.3 Å². The first-order valence-electron chi connectivity index (χ1n) is 10.4. The van der Waals surface area contributed by atoms with Crippen LogP contribution in [0.15, 0.2) is 11.6 Å². The molecule has 0 saturated heterocycles. The third-order valence-electron chi connectivity index (χ3n) is 9.05. The van der Waals surface area contributed by atoms with E-state index in [4.69, 9.17) is 0 Å². The summed E-state index contributed by atoms with van der Waals surface area (Å²) in [5, 5.41) is 32.2. The predicted molar refractivity (Wildman–Crippen MR) is 99.7 cm³/mol. The molecule has 150 valence electrons. The highest BCUT2D eigenvalue weighted by molar-refractivity contribution is 5.92. The Morgan fingerprint density at radius 3 is 2.67 bits per heavy atom. The van der Waals surface area contributed by atoms with Gasteiger partial charge in [-0.25, -0.2) is 0 Å². The molecule has 0 aliphatic heterocycles. The second-order valence-corrected chi connectivity index (χ2v) is 10.1. The molecular formula is C22H32O5. The third kappa shape index (κ3) is 2.28. The fourth-order valence-corrected chi connectivity index (χ4v) is 7.74. The maximum absolute atomic E-state index is 12.6. The molecule has 4 aliphatic rings. The lowest BCUT2D eigenvalue weighted by Gasteiger charge is -2.60. The van der Waals surface area contributed by atoms with Crippen LogP contribution in [0.4, 0.5) is 0 Å². The fourth-order valence-electron chi connectivity index (χ4n) is 7.74. The topological polar surface area (TPSA) is 94.8 Å². The Bertz CT molecular complexity index is 713. The molecular weight excluding hydrogens is 344 g/mol. The molecule has 3 N–H and O–H groups in total. The highest BCUT2D eigenvalue weighted by atomic mass is 16.3. The largest absolute Gasteiger partial charge is 0.393 e. The molecule has 0 aromatic carbocycles. The number of allylic oxidation sites excluding steroid dienone is 1. The average Bonchev–Trinajstić information content (AvgIpc) is 2.82. The lowest BCUT2D eigenvalue weighted by atomic mass is 9.45.